The zero-order valence-corrected chi connectivity index (χ0v) is 15.5. The van der Waals surface area contributed by atoms with E-state index in [0.717, 1.165) is 17.8 Å². The summed E-state index contributed by atoms with van der Waals surface area (Å²) in [5.41, 5.74) is 0.514. The van der Waals surface area contributed by atoms with E-state index >= 15 is 0 Å². The summed E-state index contributed by atoms with van der Waals surface area (Å²) < 4.78 is 1.31. The predicted octanol–water partition coefficient (Wildman–Crippen LogP) is 3.03. The van der Waals surface area contributed by atoms with Crippen LogP contribution in [0.25, 0.3) is 10.8 Å². The number of nitrogens with zero attached hydrogens (tertiary/aromatic N) is 3. The normalized spacial score (nSPS) is 10.9. The van der Waals surface area contributed by atoms with E-state index in [9.17, 15) is 14.4 Å². The van der Waals surface area contributed by atoms with Crippen LogP contribution in [0, 0.1) is 6.92 Å². The topological polar surface area (TPSA) is 93.9 Å². The number of anilines is 1. The van der Waals surface area contributed by atoms with Crippen LogP contribution in [0.4, 0.5) is 5.13 Å². The Kier molecular flexibility index (Phi) is 4.94. The van der Waals surface area contributed by atoms with E-state index in [0.29, 0.717) is 33.0 Å². The van der Waals surface area contributed by atoms with E-state index in [-0.39, 0.29) is 17.0 Å². The van der Waals surface area contributed by atoms with Gasteiger partial charge in [-0.15, -0.1) is 0 Å². The molecule has 0 aliphatic heterocycles. The quantitative estimate of drug-likeness (QED) is 0.697. The number of ketones is 1. The largest absolute Gasteiger partial charge is 0.296 e. The highest BCUT2D eigenvalue weighted by Gasteiger charge is 2.19. The van der Waals surface area contributed by atoms with Crippen molar-refractivity contribution in [3.05, 3.63) is 50.9 Å². The third kappa shape index (κ3) is 3.28. The molecule has 1 aromatic carbocycles. The highest BCUT2D eigenvalue weighted by atomic mass is 32.1. The minimum atomic E-state index is -0.463. The number of benzene rings is 1. The zero-order chi connectivity index (χ0) is 18.8. The summed E-state index contributed by atoms with van der Waals surface area (Å²) in [4.78, 5) is 41.6. The number of amides is 1. The maximum absolute atomic E-state index is 12.8. The van der Waals surface area contributed by atoms with Crippen molar-refractivity contribution in [2.75, 3.05) is 5.32 Å². The van der Waals surface area contributed by atoms with Crippen LogP contribution in [0.5, 0.6) is 0 Å². The molecule has 0 spiro atoms. The first-order chi connectivity index (χ1) is 12.4. The molecule has 0 saturated carbocycles. The molecule has 3 aromatic rings. The van der Waals surface area contributed by atoms with Crippen LogP contribution in [0.3, 0.4) is 0 Å². The number of fused-ring (bicyclic) bond motifs is 1. The van der Waals surface area contributed by atoms with Gasteiger partial charge in [0.15, 0.2) is 16.6 Å². The third-order valence-corrected chi connectivity index (χ3v) is 5.03. The molecule has 134 valence electrons. The lowest BCUT2D eigenvalue weighted by Gasteiger charge is -2.09. The van der Waals surface area contributed by atoms with Crippen molar-refractivity contribution in [1.82, 2.24) is 14.8 Å². The molecule has 1 N–H and O–H groups in total. The fraction of sp³-hybridized carbons (Fsp3) is 0.278. The summed E-state index contributed by atoms with van der Waals surface area (Å²) in [5, 5.41) is 8.21. The van der Waals surface area contributed by atoms with E-state index in [1.807, 2.05) is 6.92 Å². The van der Waals surface area contributed by atoms with Crippen molar-refractivity contribution in [3.8, 4) is 0 Å². The Labute approximate surface area is 153 Å². The van der Waals surface area contributed by atoms with Gasteiger partial charge in [0.05, 0.1) is 16.0 Å². The number of hydrogen-bond donors (Lipinski definition) is 1. The Morgan fingerprint density at radius 1 is 1.23 bits per heavy atom. The molecule has 0 atom stereocenters. The Morgan fingerprint density at radius 2 is 1.92 bits per heavy atom. The highest BCUT2D eigenvalue weighted by molar-refractivity contribution is 7.17. The van der Waals surface area contributed by atoms with Gasteiger partial charge in [-0.25, -0.2) is 9.67 Å². The molecular weight excluding hydrogens is 352 g/mol. The molecule has 0 unspecified atom stereocenters. The van der Waals surface area contributed by atoms with Gasteiger partial charge in [-0.05, 0) is 19.4 Å². The molecule has 0 radical (unpaired) electrons. The molecule has 0 fully saturated rings. The fourth-order valence-corrected chi connectivity index (χ4v) is 3.56. The summed E-state index contributed by atoms with van der Waals surface area (Å²) in [6, 6.07) is 6.89. The molecular formula is C18H18N4O3S. The SMILES string of the molecule is CCCn1nc(C(=O)Nc2nc(C)c(C(C)=O)s2)c2ccccc2c1=O. The average Bonchev–Trinajstić information content (AvgIpc) is 2.98. The molecule has 2 heterocycles. The van der Waals surface area contributed by atoms with Crippen LogP contribution in [-0.2, 0) is 6.54 Å². The van der Waals surface area contributed by atoms with Gasteiger partial charge in [-0.1, -0.05) is 36.5 Å². The van der Waals surface area contributed by atoms with Gasteiger partial charge in [-0.2, -0.15) is 5.10 Å². The lowest BCUT2D eigenvalue weighted by Crippen LogP contribution is -2.27. The molecule has 0 saturated heterocycles. The number of nitrogens with one attached hydrogen (secondary N) is 1. The third-order valence-electron chi connectivity index (χ3n) is 3.86. The van der Waals surface area contributed by atoms with E-state index in [1.54, 1.807) is 31.2 Å². The van der Waals surface area contributed by atoms with Crippen LogP contribution in [-0.4, -0.2) is 26.5 Å². The summed E-state index contributed by atoms with van der Waals surface area (Å²) in [6.45, 7) is 5.54. The number of thiazole rings is 1. The minimum absolute atomic E-state index is 0.0967. The van der Waals surface area contributed by atoms with Crippen LogP contribution in [0.1, 0.15) is 46.1 Å². The lowest BCUT2D eigenvalue weighted by molar-refractivity contribution is 0.101. The molecule has 1 amide bonds. The molecule has 3 rings (SSSR count). The van der Waals surface area contributed by atoms with Gasteiger partial charge in [0.1, 0.15) is 0 Å². The Balaban J connectivity index is 2.05. The first kappa shape index (κ1) is 17.9. The number of hydrogen-bond acceptors (Lipinski definition) is 6. The first-order valence-electron chi connectivity index (χ1n) is 8.22. The first-order valence-corrected chi connectivity index (χ1v) is 9.03. The molecule has 7 nitrogen and oxygen atoms in total. The Bertz CT molecular complexity index is 1070. The van der Waals surface area contributed by atoms with Crippen molar-refractivity contribution in [2.45, 2.75) is 33.7 Å². The van der Waals surface area contributed by atoms with Crippen molar-refractivity contribution in [2.24, 2.45) is 0 Å². The Morgan fingerprint density at radius 3 is 2.54 bits per heavy atom. The van der Waals surface area contributed by atoms with E-state index in [1.165, 1.54) is 11.6 Å². The summed E-state index contributed by atoms with van der Waals surface area (Å²) >= 11 is 1.12. The van der Waals surface area contributed by atoms with Gasteiger partial charge in [0, 0.05) is 18.9 Å². The van der Waals surface area contributed by atoms with Crippen LogP contribution >= 0.6 is 11.3 Å². The second-order valence-electron chi connectivity index (χ2n) is 5.87. The molecule has 0 bridgehead atoms. The van der Waals surface area contributed by atoms with Gasteiger partial charge in [0.25, 0.3) is 11.5 Å². The number of carbonyl (C=O) groups is 2. The van der Waals surface area contributed by atoms with Gasteiger partial charge in [0.2, 0.25) is 0 Å². The second kappa shape index (κ2) is 7.17. The van der Waals surface area contributed by atoms with Crippen molar-refractivity contribution < 1.29 is 9.59 Å². The number of carbonyl (C=O) groups excluding carboxylic acids is 2. The number of aromatic nitrogens is 3. The molecule has 8 heteroatoms. The maximum atomic E-state index is 12.8. The van der Waals surface area contributed by atoms with Gasteiger partial charge >= 0.3 is 0 Å². The zero-order valence-electron chi connectivity index (χ0n) is 14.7. The molecule has 0 aliphatic rings. The van der Waals surface area contributed by atoms with Gasteiger partial charge in [-0.3, -0.25) is 19.7 Å². The number of rotatable bonds is 5. The number of aryl methyl sites for hydroxylation is 2. The fourth-order valence-electron chi connectivity index (χ4n) is 2.70. The van der Waals surface area contributed by atoms with E-state index in [4.69, 9.17) is 0 Å². The summed E-state index contributed by atoms with van der Waals surface area (Å²) in [7, 11) is 0. The standard InChI is InChI=1S/C18H18N4O3S/c1-4-9-22-17(25)13-8-6-5-7-12(13)14(21-22)16(24)20-18-19-10(2)15(26-18)11(3)23/h5-8H,4,9H2,1-3H3,(H,19,20,24). The average molecular weight is 370 g/mol. The van der Waals surface area contributed by atoms with E-state index < -0.39 is 5.91 Å². The maximum Gasteiger partial charge on any atom is 0.278 e. The molecule has 2 aromatic heterocycles. The summed E-state index contributed by atoms with van der Waals surface area (Å²) in [5.74, 6) is -0.560. The summed E-state index contributed by atoms with van der Waals surface area (Å²) in [6.07, 6.45) is 0.722. The monoisotopic (exact) mass is 370 g/mol. The second-order valence-corrected chi connectivity index (χ2v) is 6.87. The van der Waals surface area contributed by atoms with Crippen LogP contribution in [0.15, 0.2) is 29.1 Å². The lowest BCUT2D eigenvalue weighted by atomic mass is 10.1. The number of Topliss-reactive ketones (excluding diaryl/α,β-unsaturated/α-hetero) is 1. The van der Waals surface area contributed by atoms with Gasteiger partial charge < -0.3 is 0 Å². The van der Waals surface area contributed by atoms with Crippen molar-refractivity contribution in [3.63, 3.8) is 0 Å². The predicted molar refractivity (Wildman–Crippen MR) is 101 cm³/mol. The highest BCUT2D eigenvalue weighted by Crippen LogP contribution is 2.24. The van der Waals surface area contributed by atoms with Crippen molar-refractivity contribution >= 4 is 38.9 Å². The molecule has 0 aliphatic carbocycles. The van der Waals surface area contributed by atoms with E-state index in [2.05, 4.69) is 15.4 Å². The molecule has 26 heavy (non-hydrogen) atoms. The minimum Gasteiger partial charge on any atom is -0.296 e. The van der Waals surface area contributed by atoms with Crippen LogP contribution < -0.4 is 10.9 Å². The van der Waals surface area contributed by atoms with Crippen LogP contribution in [0.2, 0.25) is 0 Å². The Hall–Kier alpha value is -2.87. The smallest absolute Gasteiger partial charge is 0.278 e. The van der Waals surface area contributed by atoms with Crippen molar-refractivity contribution in [1.29, 1.82) is 0 Å².